The van der Waals surface area contributed by atoms with Crippen molar-refractivity contribution >= 4 is 23.5 Å². The Morgan fingerprint density at radius 1 is 0.917 bits per heavy atom. The van der Waals surface area contributed by atoms with Crippen LogP contribution in [0.25, 0.3) is 39.5 Å². The number of carbonyl (C=O) groups is 3. The summed E-state index contributed by atoms with van der Waals surface area (Å²) < 4.78 is 120. The Morgan fingerprint density at radius 2 is 1.52 bits per heavy atom. The van der Waals surface area contributed by atoms with E-state index in [1.807, 2.05) is 41.7 Å². The van der Waals surface area contributed by atoms with Gasteiger partial charge in [-0.3, -0.25) is 23.9 Å². The first kappa shape index (κ1) is 37.0. The molecule has 11 nitrogen and oxygen atoms in total. The van der Waals surface area contributed by atoms with Gasteiger partial charge in [0.25, 0.3) is 0 Å². The first-order valence-corrected chi connectivity index (χ1v) is 12.7. The molecule has 0 atom stereocenters. The molecule has 0 aliphatic heterocycles. The number of aromatic amines is 1. The number of carbonyl (C=O) groups excluding carboxylic acids is 3. The number of ketones is 2. The monoisotopic (exact) mass is 695 g/mol. The van der Waals surface area contributed by atoms with E-state index in [-0.39, 0.29) is 5.82 Å². The maximum absolute atomic E-state index is 14.3. The van der Waals surface area contributed by atoms with Crippen LogP contribution in [-0.4, -0.2) is 85.1 Å². The summed E-state index contributed by atoms with van der Waals surface area (Å²) in [5.41, 5.74) is 4.15. The second kappa shape index (κ2) is 14.5. The number of fused-ring (bicyclic) bond motifs is 1. The SMILES string of the molecule is CN(C)Cc1nc(-c2cnc3ccc(-c4cn[nH]c4-c4ccccc4F)cn23)no1.O=C(C(=O)C(F)(F)F)C(F)(F)F.O=CC(F)(F)F. The van der Waals surface area contributed by atoms with Crippen LogP contribution < -0.4 is 0 Å². The molecular formula is C27H19F10N7O4. The van der Waals surface area contributed by atoms with Gasteiger partial charge >= 0.3 is 30.1 Å². The van der Waals surface area contributed by atoms with Gasteiger partial charge in [0, 0.05) is 22.9 Å². The van der Waals surface area contributed by atoms with Crippen LogP contribution in [0.15, 0.2) is 59.5 Å². The van der Waals surface area contributed by atoms with Crippen LogP contribution in [-0.2, 0) is 20.9 Å². The molecule has 0 aliphatic carbocycles. The van der Waals surface area contributed by atoms with Crippen molar-refractivity contribution in [2.75, 3.05) is 14.1 Å². The number of pyridine rings is 1. The summed E-state index contributed by atoms with van der Waals surface area (Å²) in [7, 11) is 3.87. The van der Waals surface area contributed by atoms with Crippen molar-refractivity contribution in [3.8, 4) is 33.9 Å². The third kappa shape index (κ3) is 9.53. The average Bonchev–Trinajstić information content (AvgIpc) is 3.75. The number of H-pyrrole nitrogens is 1. The number of Topliss-reactive ketones (excluding diaryl/α,β-unsaturated/α-hetero) is 2. The highest BCUT2D eigenvalue weighted by Gasteiger charge is 2.54. The molecule has 21 heteroatoms. The van der Waals surface area contributed by atoms with Gasteiger partial charge in [-0.15, -0.1) is 0 Å². The minimum absolute atomic E-state index is 0.312. The highest BCUT2D eigenvalue weighted by molar-refractivity contribution is 6.41. The van der Waals surface area contributed by atoms with Gasteiger partial charge in [0.15, 0.2) is 0 Å². The third-order valence-corrected chi connectivity index (χ3v) is 5.60. The maximum Gasteiger partial charge on any atom is 0.458 e. The molecule has 48 heavy (non-hydrogen) atoms. The number of benzene rings is 1. The van der Waals surface area contributed by atoms with Crippen molar-refractivity contribution in [2.24, 2.45) is 0 Å². The largest absolute Gasteiger partial charge is 0.458 e. The minimum Gasteiger partial charge on any atom is -0.337 e. The second-order valence-corrected chi connectivity index (χ2v) is 9.49. The number of hydrogen-bond acceptors (Lipinski definition) is 9. The number of aromatic nitrogens is 6. The molecule has 0 aliphatic rings. The molecule has 0 bridgehead atoms. The number of nitrogens with one attached hydrogen (secondary N) is 1. The lowest BCUT2D eigenvalue weighted by atomic mass is 10.0. The van der Waals surface area contributed by atoms with Crippen LogP contribution in [0.2, 0.25) is 0 Å². The quantitative estimate of drug-likeness (QED) is 0.136. The Balaban J connectivity index is 0.000000289. The van der Waals surface area contributed by atoms with Gasteiger partial charge in [-0.05, 0) is 38.4 Å². The summed E-state index contributed by atoms with van der Waals surface area (Å²) in [6.07, 6.45) is -11.9. The van der Waals surface area contributed by atoms with E-state index in [0.29, 0.717) is 35.2 Å². The Hall–Kier alpha value is -5.47. The number of rotatable bonds is 6. The normalized spacial score (nSPS) is 11.9. The fraction of sp³-hybridized carbons (Fsp3) is 0.222. The number of hydrogen-bond donors (Lipinski definition) is 1. The molecule has 0 fully saturated rings. The van der Waals surface area contributed by atoms with E-state index in [4.69, 9.17) is 9.32 Å². The van der Waals surface area contributed by atoms with E-state index in [1.54, 1.807) is 30.6 Å². The van der Waals surface area contributed by atoms with E-state index >= 15 is 0 Å². The fourth-order valence-corrected chi connectivity index (χ4v) is 3.63. The molecule has 4 heterocycles. The van der Waals surface area contributed by atoms with Crippen molar-refractivity contribution in [1.29, 1.82) is 0 Å². The summed E-state index contributed by atoms with van der Waals surface area (Å²) in [6.45, 7) is 0.552. The summed E-state index contributed by atoms with van der Waals surface area (Å²) in [4.78, 5) is 38.8. The number of imidazole rings is 1. The van der Waals surface area contributed by atoms with Crippen molar-refractivity contribution < 1.29 is 62.8 Å². The third-order valence-electron chi connectivity index (χ3n) is 5.60. The molecule has 256 valence electrons. The molecule has 0 saturated heterocycles. The lowest BCUT2D eigenvalue weighted by molar-refractivity contribution is -0.193. The molecule has 0 unspecified atom stereocenters. The van der Waals surface area contributed by atoms with E-state index < -0.39 is 36.4 Å². The summed E-state index contributed by atoms with van der Waals surface area (Å²) in [5.74, 6) is -6.14. The number of alkyl halides is 9. The van der Waals surface area contributed by atoms with E-state index in [1.165, 1.54) is 6.07 Å². The van der Waals surface area contributed by atoms with Gasteiger partial charge in [0.1, 0.15) is 17.2 Å². The van der Waals surface area contributed by atoms with Crippen molar-refractivity contribution in [3.05, 3.63) is 66.7 Å². The molecule has 0 radical (unpaired) electrons. The van der Waals surface area contributed by atoms with Crippen molar-refractivity contribution in [2.45, 2.75) is 25.1 Å². The zero-order chi connectivity index (χ0) is 36.0. The molecule has 5 aromatic rings. The zero-order valence-electron chi connectivity index (χ0n) is 24.1. The van der Waals surface area contributed by atoms with Gasteiger partial charge in [-0.1, -0.05) is 17.3 Å². The van der Waals surface area contributed by atoms with E-state index in [9.17, 15) is 53.5 Å². The summed E-state index contributed by atoms with van der Waals surface area (Å²) in [6, 6.07) is 10.4. The lowest BCUT2D eigenvalue weighted by Crippen LogP contribution is -2.39. The molecule has 5 rings (SSSR count). The maximum atomic E-state index is 14.3. The molecule has 1 N–H and O–H groups in total. The van der Waals surface area contributed by atoms with Crippen LogP contribution in [0.3, 0.4) is 0 Å². The summed E-state index contributed by atoms with van der Waals surface area (Å²) in [5, 5.41) is 11.1. The molecule has 1 aromatic carbocycles. The number of nitrogens with zero attached hydrogens (tertiary/aromatic N) is 6. The molecule has 0 spiro atoms. The smallest absolute Gasteiger partial charge is 0.337 e. The Labute approximate surface area is 261 Å². The van der Waals surface area contributed by atoms with Crippen LogP contribution in [0, 0.1) is 5.82 Å². The second-order valence-electron chi connectivity index (χ2n) is 9.49. The van der Waals surface area contributed by atoms with E-state index in [0.717, 1.165) is 16.8 Å². The van der Waals surface area contributed by atoms with Gasteiger partial charge in [0.05, 0.1) is 24.6 Å². The Kier molecular flexibility index (Phi) is 11.2. The lowest BCUT2D eigenvalue weighted by Gasteiger charge is -2.06. The standard InChI is InChI=1S/C21H18FN7O.C4F6O2.C2HF3O/c1-28(2)12-19-25-21(27-30-19)17-10-23-18-8-7-13(11-29(17)18)15-9-24-26-20(15)14-5-3-4-6-16(14)22;5-3(6,7)1(11)2(12)4(8,9)10;3-2(4,5)1-6/h3-11H,12H2,1-2H3,(H,24,26);;1H. The fourth-order valence-electron chi connectivity index (χ4n) is 3.63. The van der Waals surface area contributed by atoms with Gasteiger partial charge < -0.3 is 9.42 Å². The highest BCUT2D eigenvalue weighted by atomic mass is 19.4. The van der Waals surface area contributed by atoms with Crippen LogP contribution in [0.1, 0.15) is 5.89 Å². The van der Waals surface area contributed by atoms with Crippen molar-refractivity contribution in [1.82, 2.24) is 34.6 Å². The summed E-state index contributed by atoms with van der Waals surface area (Å²) >= 11 is 0. The van der Waals surface area contributed by atoms with E-state index in [2.05, 4.69) is 25.3 Å². The predicted octanol–water partition coefficient (Wildman–Crippen LogP) is 5.64. The predicted molar refractivity (Wildman–Crippen MR) is 143 cm³/mol. The van der Waals surface area contributed by atoms with Gasteiger partial charge in [-0.25, -0.2) is 9.37 Å². The zero-order valence-corrected chi connectivity index (χ0v) is 24.1. The molecule has 4 aromatic heterocycles. The highest BCUT2D eigenvalue weighted by Crippen LogP contribution is 2.32. The first-order chi connectivity index (χ1) is 22.2. The molecule has 0 amide bonds. The van der Waals surface area contributed by atoms with Crippen LogP contribution in [0.5, 0.6) is 0 Å². The first-order valence-electron chi connectivity index (χ1n) is 12.7. The number of aldehydes is 1. The molecule has 0 saturated carbocycles. The van der Waals surface area contributed by atoms with Crippen molar-refractivity contribution in [3.63, 3.8) is 0 Å². The average molecular weight is 695 g/mol. The number of halogens is 10. The van der Waals surface area contributed by atoms with Gasteiger partial charge in [-0.2, -0.15) is 49.6 Å². The van der Waals surface area contributed by atoms with Gasteiger partial charge in [0.2, 0.25) is 18.0 Å². The van der Waals surface area contributed by atoms with Crippen LogP contribution >= 0.6 is 0 Å². The molecular weight excluding hydrogens is 676 g/mol. The Bertz CT molecular complexity index is 1870. The topological polar surface area (TPSA) is 139 Å². The van der Waals surface area contributed by atoms with Crippen LogP contribution in [0.4, 0.5) is 43.9 Å². The Morgan fingerprint density at radius 3 is 2.06 bits per heavy atom. The minimum atomic E-state index is -5.77.